The third-order valence-corrected chi connectivity index (χ3v) is 4.06. The molecular formula is C12H15BrO. The van der Waals surface area contributed by atoms with Crippen LogP contribution in [0.3, 0.4) is 0 Å². The number of hydrogen-bond acceptors (Lipinski definition) is 1. The van der Waals surface area contributed by atoms with Crippen molar-refractivity contribution in [3.05, 3.63) is 35.9 Å². The zero-order chi connectivity index (χ0) is 9.97. The molecule has 0 bridgehead atoms. The van der Waals surface area contributed by atoms with E-state index in [1.165, 1.54) is 5.56 Å². The number of ether oxygens (including phenoxy) is 1. The molecule has 3 atom stereocenters. The molecule has 0 aliphatic carbocycles. The smallest absolute Gasteiger partial charge is 0.0835 e. The van der Waals surface area contributed by atoms with Gasteiger partial charge in [-0.15, -0.1) is 0 Å². The van der Waals surface area contributed by atoms with Crippen molar-refractivity contribution >= 4 is 15.9 Å². The van der Waals surface area contributed by atoms with Crippen LogP contribution in [0.4, 0.5) is 0 Å². The highest BCUT2D eigenvalue weighted by Crippen LogP contribution is 2.34. The molecule has 0 radical (unpaired) electrons. The maximum Gasteiger partial charge on any atom is 0.0835 e. The van der Waals surface area contributed by atoms with Gasteiger partial charge in [0.15, 0.2) is 0 Å². The average Bonchev–Trinajstić information content (AvgIpc) is 2.23. The van der Waals surface area contributed by atoms with Crippen LogP contribution in [0.5, 0.6) is 0 Å². The van der Waals surface area contributed by atoms with Gasteiger partial charge in [0.1, 0.15) is 0 Å². The Hall–Kier alpha value is -0.340. The van der Waals surface area contributed by atoms with Crippen LogP contribution in [0, 0.1) is 5.92 Å². The quantitative estimate of drug-likeness (QED) is 0.697. The van der Waals surface area contributed by atoms with Crippen LogP contribution in [0.2, 0.25) is 0 Å². The van der Waals surface area contributed by atoms with Crippen LogP contribution in [-0.2, 0) is 4.74 Å². The van der Waals surface area contributed by atoms with Crippen molar-refractivity contribution in [2.45, 2.75) is 24.3 Å². The Bertz CT molecular complexity index is 286. The van der Waals surface area contributed by atoms with Crippen molar-refractivity contribution in [1.29, 1.82) is 0 Å². The van der Waals surface area contributed by atoms with Crippen molar-refractivity contribution in [1.82, 2.24) is 0 Å². The molecule has 1 aliphatic heterocycles. The van der Waals surface area contributed by atoms with E-state index in [-0.39, 0.29) is 6.10 Å². The lowest BCUT2D eigenvalue weighted by Gasteiger charge is -2.31. The number of rotatable bonds is 1. The third-order valence-electron chi connectivity index (χ3n) is 2.79. The van der Waals surface area contributed by atoms with Gasteiger partial charge >= 0.3 is 0 Å². The predicted molar refractivity (Wildman–Crippen MR) is 61.6 cm³/mol. The summed E-state index contributed by atoms with van der Waals surface area (Å²) in [6, 6.07) is 10.5. The molecule has 0 amide bonds. The second-order valence-corrected chi connectivity index (χ2v) is 5.14. The van der Waals surface area contributed by atoms with E-state index in [9.17, 15) is 0 Å². The van der Waals surface area contributed by atoms with Gasteiger partial charge in [0, 0.05) is 4.83 Å². The fraction of sp³-hybridized carbons (Fsp3) is 0.500. The standard InChI is InChI=1S/C12H15BrO/c1-9-8-14-12(7-11(9)13)10-5-3-2-4-6-10/h2-6,9,11-12H,7-8H2,1H3/t9-,11?,12-/m0/s1. The second kappa shape index (κ2) is 4.45. The van der Waals surface area contributed by atoms with Gasteiger partial charge in [0.25, 0.3) is 0 Å². The third kappa shape index (κ3) is 2.18. The molecule has 1 fully saturated rings. The molecule has 0 spiro atoms. The highest BCUT2D eigenvalue weighted by molar-refractivity contribution is 9.09. The van der Waals surface area contributed by atoms with Gasteiger partial charge in [-0.3, -0.25) is 0 Å². The molecule has 0 saturated carbocycles. The Balaban J connectivity index is 2.07. The Kier molecular flexibility index (Phi) is 3.24. The van der Waals surface area contributed by atoms with Crippen molar-refractivity contribution in [2.24, 2.45) is 5.92 Å². The first-order valence-electron chi connectivity index (χ1n) is 5.08. The maximum atomic E-state index is 5.82. The summed E-state index contributed by atoms with van der Waals surface area (Å²) >= 11 is 3.71. The molecule has 1 nitrogen and oxygen atoms in total. The zero-order valence-electron chi connectivity index (χ0n) is 8.32. The summed E-state index contributed by atoms with van der Waals surface area (Å²) in [7, 11) is 0. The van der Waals surface area contributed by atoms with E-state index < -0.39 is 0 Å². The predicted octanol–water partition coefficient (Wildman–Crippen LogP) is 3.55. The van der Waals surface area contributed by atoms with Gasteiger partial charge in [-0.2, -0.15) is 0 Å². The molecule has 1 aromatic rings. The second-order valence-electron chi connectivity index (χ2n) is 3.96. The van der Waals surface area contributed by atoms with Gasteiger partial charge in [-0.25, -0.2) is 0 Å². The fourth-order valence-electron chi connectivity index (χ4n) is 1.78. The van der Waals surface area contributed by atoms with Gasteiger partial charge in [-0.1, -0.05) is 53.2 Å². The van der Waals surface area contributed by atoms with E-state index >= 15 is 0 Å². The molecule has 76 valence electrons. The highest BCUT2D eigenvalue weighted by Gasteiger charge is 2.27. The van der Waals surface area contributed by atoms with Crippen molar-refractivity contribution in [2.75, 3.05) is 6.61 Å². The molecule has 0 aromatic heterocycles. The van der Waals surface area contributed by atoms with Gasteiger partial charge in [0.05, 0.1) is 12.7 Å². The number of alkyl halides is 1. The van der Waals surface area contributed by atoms with Crippen molar-refractivity contribution in [3.63, 3.8) is 0 Å². The summed E-state index contributed by atoms with van der Waals surface area (Å²) in [5, 5.41) is 0. The van der Waals surface area contributed by atoms with E-state index in [0.29, 0.717) is 10.7 Å². The Morgan fingerprint density at radius 3 is 2.64 bits per heavy atom. The minimum absolute atomic E-state index is 0.275. The van der Waals surface area contributed by atoms with E-state index in [4.69, 9.17) is 4.74 Å². The number of hydrogen-bond donors (Lipinski definition) is 0. The van der Waals surface area contributed by atoms with E-state index in [2.05, 4.69) is 47.1 Å². The molecule has 2 rings (SSSR count). The van der Waals surface area contributed by atoms with E-state index in [1.807, 2.05) is 6.07 Å². The summed E-state index contributed by atoms with van der Waals surface area (Å²) in [6.45, 7) is 3.08. The highest BCUT2D eigenvalue weighted by atomic mass is 79.9. The number of benzene rings is 1. The fourth-order valence-corrected chi connectivity index (χ4v) is 2.27. The molecule has 2 heteroatoms. The van der Waals surface area contributed by atoms with E-state index in [0.717, 1.165) is 13.0 Å². The minimum Gasteiger partial charge on any atom is -0.373 e. The Morgan fingerprint density at radius 2 is 2.00 bits per heavy atom. The molecule has 0 N–H and O–H groups in total. The maximum absolute atomic E-state index is 5.82. The lowest BCUT2D eigenvalue weighted by atomic mass is 9.96. The SMILES string of the molecule is C[C@H]1CO[C@H](c2ccccc2)CC1Br. The first-order valence-corrected chi connectivity index (χ1v) is 5.99. The first-order chi connectivity index (χ1) is 6.77. The van der Waals surface area contributed by atoms with Gasteiger partial charge in [0.2, 0.25) is 0 Å². The Labute approximate surface area is 93.6 Å². The van der Waals surface area contributed by atoms with Crippen LogP contribution in [0.1, 0.15) is 25.0 Å². The molecular weight excluding hydrogens is 240 g/mol. The molecule has 1 saturated heterocycles. The van der Waals surface area contributed by atoms with Crippen molar-refractivity contribution in [3.8, 4) is 0 Å². The van der Waals surface area contributed by atoms with Crippen molar-refractivity contribution < 1.29 is 4.74 Å². The molecule has 1 unspecified atom stereocenters. The first kappa shape index (κ1) is 10.2. The van der Waals surface area contributed by atoms with E-state index in [1.54, 1.807) is 0 Å². The van der Waals surface area contributed by atoms with Crippen LogP contribution in [0.15, 0.2) is 30.3 Å². The van der Waals surface area contributed by atoms with Gasteiger partial charge in [-0.05, 0) is 17.9 Å². The topological polar surface area (TPSA) is 9.23 Å². The molecule has 1 aliphatic rings. The van der Waals surface area contributed by atoms with Crippen LogP contribution < -0.4 is 0 Å². The lowest BCUT2D eigenvalue weighted by Crippen LogP contribution is -2.27. The van der Waals surface area contributed by atoms with Gasteiger partial charge < -0.3 is 4.74 Å². The normalized spacial score (nSPS) is 32.9. The summed E-state index contributed by atoms with van der Waals surface area (Å²) in [6.07, 6.45) is 1.35. The van der Waals surface area contributed by atoms with Crippen LogP contribution in [-0.4, -0.2) is 11.4 Å². The summed E-state index contributed by atoms with van der Waals surface area (Å²) in [5.41, 5.74) is 1.30. The minimum atomic E-state index is 0.275. The zero-order valence-corrected chi connectivity index (χ0v) is 9.91. The average molecular weight is 255 g/mol. The monoisotopic (exact) mass is 254 g/mol. The molecule has 1 aromatic carbocycles. The molecule has 14 heavy (non-hydrogen) atoms. The Morgan fingerprint density at radius 1 is 1.29 bits per heavy atom. The molecule has 1 heterocycles. The lowest BCUT2D eigenvalue weighted by molar-refractivity contribution is -0.00763. The van der Waals surface area contributed by atoms with Crippen LogP contribution >= 0.6 is 15.9 Å². The largest absolute Gasteiger partial charge is 0.373 e. The van der Waals surface area contributed by atoms with Crippen LogP contribution in [0.25, 0.3) is 0 Å². The summed E-state index contributed by atoms with van der Waals surface area (Å²) in [4.78, 5) is 0.585. The summed E-state index contributed by atoms with van der Waals surface area (Å²) < 4.78 is 5.82. The summed E-state index contributed by atoms with van der Waals surface area (Å²) in [5.74, 6) is 0.620. The number of halogens is 1.